The van der Waals surface area contributed by atoms with Gasteiger partial charge < -0.3 is 4.74 Å². The molecule has 6 nitrogen and oxygen atoms in total. The van der Waals surface area contributed by atoms with Crippen molar-refractivity contribution in [3.63, 3.8) is 0 Å². The number of carbonyl (C=O) groups is 3. The van der Waals surface area contributed by atoms with Crippen LogP contribution in [0, 0.1) is 0 Å². The molecule has 2 aromatic carbocycles. The Balaban J connectivity index is 1.43. The van der Waals surface area contributed by atoms with Gasteiger partial charge in [-0.05, 0) is 41.1 Å². The number of fused-ring (bicyclic) bond motifs is 1. The number of benzene rings is 2. The summed E-state index contributed by atoms with van der Waals surface area (Å²) < 4.78 is 6.58. The van der Waals surface area contributed by atoms with Crippen LogP contribution in [0.25, 0.3) is 10.1 Å². The minimum atomic E-state index is -0.439. The molecule has 2 heterocycles. The summed E-state index contributed by atoms with van der Waals surface area (Å²) in [5, 5.41) is 4.29. The molecule has 0 unspecified atom stereocenters. The number of nitrogens with zero attached hydrogens (tertiary/aromatic N) is 1. The van der Waals surface area contributed by atoms with Gasteiger partial charge in [0.1, 0.15) is 6.61 Å². The molecule has 0 bridgehead atoms. The van der Waals surface area contributed by atoms with Gasteiger partial charge in [0, 0.05) is 23.1 Å². The Morgan fingerprint density at radius 3 is 2.67 bits per heavy atom. The highest BCUT2D eigenvalue weighted by atomic mass is 32.1. The third-order valence-corrected chi connectivity index (χ3v) is 5.35. The van der Waals surface area contributed by atoms with Gasteiger partial charge in [-0.3, -0.25) is 15.0 Å². The van der Waals surface area contributed by atoms with Crippen LogP contribution in [0.4, 0.5) is 5.69 Å². The van der Waals surface area contributed by atoms with Gasteiger partial charge in [-0.25, -0.2) is 9.80 Å². The largest absolute Gasteiger partial charge is 0.457 e. The molecule has 4 rings (SSSR count). The zero-order valence-electron chi connectivity index (χ0n) is 14.3. The van der Waals surface area contributed by atoms with Crippen LogP contribution in [0.3, 0.4) is 0 Å². The first-order valence-corrected chi connectivity index (χ1v) is 9.34. The van der Waals surface area contributed by atoms with E-state index in [1.165, 1.54) is 5.01 Å². The second kappa shape index (κ2) is 7.20. The SMILES string of the molecule is O=C1CCC(=O)N(c2ccc(C(=O)OCc3csc4ccccc34)cc2)N1. The molecule has 1 N–H and O–H groups in total. The fourth-order valence-electron chi connectivity index (χ4n) is 2.90. The maximum absolute atomic E-state index is 12.3. The predicted molar refractivity (Wildman–Crippen MR) is 102 cm³/mol. The van der Waals surface area contributed by atoms with Gasteiger partial charge in [0.2, 0.25) is 11.8 Å². The Morgan fingerprint density at radius 1 is 1.07 bits per heavy atom. The molecule has 0 atom stereocenters. The molecule has 1 aliphatic rings. The summed E-state index contributed by atoms with van der Waals surface area (Å²) in [5.74, 6) is -0.832. The normalized spacial score (nSPS) is 14.3. The van der Waals surface area contributed by atoms with Crippen molar-refractivity contribution in [2.75, 3.05) is 5.01 Å². The van der Waals surface area contributed by atoms with Crippen LogP contribution in [0.15, 0.2) is 53.9 Å². The maximum atomic E-state index is 12.3. The van der Waals surface area contributed by atoms with E-state index in [-0.39, 0.29) is 31.3 Å². The summed E-state index contributed by atoms with van der Waals surface area (Å²) in [5.41, 5.74) is 4.39. The van der Waals surface area contributed by atoms with Gasteiger partial charge in [0.05, 0.1) is 11.3 Å². The number of hydrogen-bond donors (Lipinski definition) is 1. The lowest BCUT2D eigenvalue weighted by Crippen LogP contribution is -2.50. The summed E-state index contributed by atoms with van der Waals surface area (Å²) in [4.78, 5) is 35.7. The third kappa shape index (κ3) is 3.54. The number of rotatable bonds is 4. The van der Waals surface area contributed by atoms with Gasteiger partial charge in [0.15, 0.2) is 0 Å². The molecule has 1 aromatic heterocycles. The van der Waals surface area contributed by atoms with E-state index in [9.17, 15) is 14.4 Å². The Hall–Kier alpha value is -3.19. The number of carbonyl (C=O) groups excluding carboxylic acids is 3. The molecule has 7 heteroatoms. The highest BCUT2D eigenvalue weighted by molar-refractivity contribution is 7.17. The summed E-state index contributed by atoms with van der Waals surface area (Å²) in [6.07, 6.45) is 0.362. The first-order valence-electron chi connectivity index (χ1n) is 8.46. The lowest BCUT2D eigenvalue weighted by atomic mass is 10.1. The average Bonchev–Trinajstić information content (AvgIpc) is 3.11. The molecular weight excluding hydrogens is 364 g/mol. The van der Waals surface area contributed by atoms with Crippen LogP contribution >= 0.6 is 11.3 Å². The van der Waals surface area contributed by atoms with Crippen molar-refractivity contribution >= 4 is 44.9 Å². The average molecular weight is 380 g/mol. The van der Waals surface area contributed by atoms with Crippen LogP contribution < -0.4 is 10.4 Å². The van der Waals surface area contributed by atoms with Crippen molar-refractivity contribution in [3.05, 3.63) is 65.0 Å². The van der Waals surface area contributed by atoms with Crippen LogP contribution in [-0.2, 0) is 20.9 Å². The summed E-state index contributed by atoms with van der Waals surface area (Å²) in [6, 6.07) is 14.4. The number of thiophene rings is 1. The van der Waals surface area contributed by atoms with Gasteiger partial charge in [-0.2, -0.15) is 0 Å². The second-order valence-corrected chi connectivity index (χ2v) is 7.06. The Bertz CT molecular complexity index is 1030. The van der Waals surface area contributed by atoms with E-state index in [0.29, 0.717) is 11.3 Å². The summed E-state index contributed by atoms with van der Waals surface area (Å²) in [7, 11) is 0. The van der Waals surface area contributed by atoms with E-state index >= 15 is 0 Å². The molecule has 2 amide bonds. The van der Waals surface area contributed by atoms with Crippen molar-refractivity contribution in [1.29, 1.82) is 0 Å². The van der Waals surface area contributed by atoms with E-state index in [2.05, 4.69) is 5.43 Å². The lowest BCUT2D eigenvalue weighted by Gasteiger charge is -2.27. The van der Waals surface area contributed by atoms with Crippen LogP contribution in [0.1, 0.15) is 28.8 Å². The molecule has 3 aromatic rings. The lowest BCUT2D eigenvalue weighted by molar-refractivity contribution is -0.130. The van der Waals surface area contributed by atoms with Crippen molar-refractivity contribution in [1.82, 2.24) is 5.43 Å². The van der Waals surface area contributed by atoms with Crippen molar-refractivity contribution < 1.29 is 19.1 Å². The number of nitrogens with one attached hydrogen (secondary N) is 1. The number of ether oxygens (including phenoxy) is 1. The minimum absolute atomic E-state index is 0.171. The third-order valence-electron chi connectivity index (χ3n) is 4.33. The number of anilines is 1. The first kappa shape index (κ1) is 17.2. The number of hydrazine groups is 1. The number of hydrogen-bond acceptors (Lipinski definition) is 5. The summed E-state index contributed by atoms with van der Waals surface area (Å²) >= 11 is 1.62. The standard InChI is InChI=1S/C20H16N2O4S/c23-18-9-10-19(24)22(21-18)15-7-5-13(6-8-15)20(25)26-11-14-12-27-17-4-2-1-3-16(14)17/h1-8,12H,9-11H2,(H,21,23). The quantitative estimate of drug-likeness (QED) is 0.704. The zero-order valence-corrected chi connectivity index (χ0v) is 15.1. The number of amides is 2. The molecule has 136 valence electrons. The smallest absolute Gasteiger partial charge is 0.338 e. The highest BCUT2D eigenvalue weighted by Crippen LogP contribution is 2.26. The van der Waals surface area contributed by atoms with Gasteiger partial charge in [-0.15, -0.1) is 11.3 Å². The van der Waals surface area contributed by atoms with Crippen LogP contribution in [-0.4, -0.2) is 17.8 Å². The van der Waals surface area contributed by atoms with Crippen LogP contribution in [0.5, 0.6) is 0 Å². The zero-order chi connectivity index (χ0) is 18.8. The molecule has 1 aliphatic heterocycles. The Labute approximate surface area is 159 Å². The molecule has 0 saturated carbocycles. The first-order chi connectivity index (χ1) is 13.1. The molecule has 0 spiro atoms. The van der Waals surface area contributed by atoms with E-state index in [1.807, 2.05) is 29.6 Å². The van der Waals surface area contributed by atoms with Crippen molar-refractivity contribution in [2.45, 2.75) is 19.4 Å². The monoisotopic (exact) mass is 380 g/mol. The second-order valence-electron chi connectivity index (χ2n) is 6.14. The van der Waals surface area contributed by atoms with Gasteiger partial charge in [0.25, 0.3) is 0 Å². The van der Waals surface area contributed by atoms with E-state index in [4.69, 9.17) is 4.74 Å². The van der Waals surface area contributed by atoms with E-state index in [1.54, 1.807) is 35.6 Å². The topological polar surface area (TPSA) is 75.7 Å². The number of esters is 1. The maximum Gasteiger partial charge on any atom is 0.338 e. The van der Waals surface area contributed by atoms with E-state index in [0.717, 1.165) is 15.6 Å². The minimum Gasteiger partial charge on any atom is -0.457 e. The summed E-state index contributed by atoms with van der Waals surface area (Å²) in [6.45, 7) is 0.200. The Morgan fingerprint density at radius 2 is 1.85 bits per heavy atom. The molecule has 0 radical (unpaired) electrons. The van der Waals surface area contributed by atoms with E-state index < -0.39 is 5.97 Å². The molecule has 1 fully saturated rings. The predicted octanol–water partition coefficient (Wildman–Crippen LogP) is 3.42. The van der Waals surface area contributed by atoms with Crippen molar-refractivity contribution in [2.24, 2.45) is 0 Å². The fourth-order valence-corrected chi connectivity index (χ4v) is 3.85. The van der Waals surface area contributed by atoms with Crippen molar-refractivity contribution in [3.8, 4) is 0 Å². The Kier molecular flexibility index (Phi) is 4.60. The molecule has 27 heavy (non-hydrogen) atoms. The highest BCUT2D eigenvalue weighted by Gasteiger charge is 2.24. The molecule has 1 saturated heterocycles. The molecular formula is C20H16N2O4S. The fraction of sp³-hybridized carbons (Fsp3) is 0.150. The van der Waals surface area contributed by atoms with Gasteiger partial charge in [-0.1, -0.05) is 18.2 Å². The van der Waals surface area contributed by atoms with Gasteiger partial charge >= 0.3 is 5.97 Å². The van der Waals surface area contributed by atoms with Crippen LogP contribution in [0.2, 0.25) is 0 Å². The molecule has 0 aliphatic carbocycles.